The number of aryl methyl sites for hydroxylation is 1. The molecule has 2 aromatic carbocycles. The Labute approximate surface area is 119 Å². The molecule has 0 saturated heterocycles. The molecule has 0 amide bonds. The lowest BCUT2D eigenvalue weighted by atomic mass is 10.0. The topological polar surface area (TPSA) is 90.9 Å². The van der Waals surface area contributed by atoms with E-state index in [1.807, 2.05) is 19.1 Å². The van der Waals surface area contributed by atoms with E-state index in [0.717, 1.165) is 10.9 Å². The van der Waals surface area contributed by atoms with E-state index in [0.29, 0.717) is 5.58 Å². The zero-order valence-electron chi connectivity index (χ0n) is 11.1. The highest BCUT2D eigenvalue weighted by atomic mass is 16.4. The van der Waals surface area contributed by atoms with Crippen LogP contribution in [0, 0.1) is 6.92 Å². The number of hydrogen-bond acceptors (Lipinski definition) is 5. The molecule has 1 heterocycles. The van der Waals surface area contributed by atoms with E-state index in [4.69, 9.17) is 4.42 Å². The van der Waals surface area contributed by atoms with Crippen molar-refractivity contribution in [3.8, 4) is 28.4 Å². The molecule has 21 heavy (non-hydrogen) atoms. The molecule has 0 aliphatic heterocycles. The number of phenols is 3. The summed E-state index contributed by atoms with van der Waals surface area (Å²) in [6.45, 7) is 1.84. The second-order valence-electron chi connectivity index (χ2n) is 4.80. The van der Waals surface area contributed by atoms with Crippen LogP contribution in [0.25, 0.3) is 22.1 Å². The summed E-state index contributed by atoms with van der Waals surface area (Å²) in [5.74, 6) is -1.64. The molecule has 1 aromatic heterocycles. The van der Waals surface area contributed by atoms with Gasteiger partial charge in [-0.1, -0.05) is 18.2 Å². The third-order valence-electron chi connectivity index (χ3n) is 3.34. The Morgan fingerprint density at radius 3 is 2.33 bits per heavy atom. The summed E-state index contributed by atoms with van der Waals surface area (Å²) >= 11 is 0. The van der Waals surface area contributed by atoms with Gasteiger partial charge < -0.3 is 19.7 Å². The van der Waals surface area contributed by atoms with Gasteiger partial charge in [0.25, 0.3) is 0 Å². The monoisotopic (exact) mass is 284 g/mol. The quantitative estimate of drug-likeness (QED) is 0.472. The highest BCUT2D eigenvalue weighted by Crippen LogP contribution is 2.38. The van der Waals surface area contributed by atoms with Crippen LogP contribution in [0.4, 0.5) is 0 Å². The maximum atomic E-state index is 12.1. The first-order valence-corrected chi connectivity index (χ1v) is 6.26. The lowest BCUT2D eigenvalue weighted by Gasteiger charge is -2.07. The van der Waals surface area contributed by atoms with Gasteiger partial charge in [-0.3, -0.25) is 0 Å². The van der Waals surface area contributed by atoms with Gasteiger partial charge in [0, 0.05) is 5.39 Å². The summed E-state index contributed by atoms with van der Waals surface area (Å²) in [7, 11) is 0. The first-order chi connectivity index (χ1) is 9.97. The molecule has 0 atom stereocenters. The number of rotatable bonds is 1. The van der Waals surface area contributed by atoms with E-state index in [2.05, 4.69) is 0 Å². The van der Waals surface area contributed by atoms with Crippen LogP contribution in [0.5, 0.6) is 17.2 Å². The van der Waals surface area contributed by atoms with Crippen molar-refractivity contribution in [2.24, 2.45) is 0 Å². The summed E-state index contributed by atoms with van der Waals surface area (Å²) < 4.78 is 5.31. The third kappa shape index (κ3) is 2.08. The molecule has 0 unspecified atom stereocenters. The van der Waals surface area contributed by atoms with Crippen LogP contribution in [0.2, 0.25) is 0 Å². The Hall–Kier alpha value is -2.95. The van der Waals surface area contributed by atoms with E-state index in [-0.39, 0.29) is 11.1 Å². The summed E-state index contributed by atoms with van der Waals surface area (Å²) in [6.07, 6.45) is 0. The molecule has 0 spiro atoms. The predicted octanol–water partition coefficient (Wildman–Crippen LogP) is 2.89. The van der Waals surface area contributed by atoms with Crippen molar-refractivity contribution < 1.29 is 19.7 Å². The largest absolute Gasteiger partial charge is 0.504 e. The highest BCUT2D eigenvalue weighted by molar-refractivity contribution is 5.84. The summed E-state index contributed by atoms with van der Waals surface area (Å²) in [6, 6.07) is 9.50. The number of benzene rings is 2. The second kappa shape index (κ2) is 4.56. The molecular formula is C16H12O5. The number of fused-ring (bicyclic) bond motifs is 1. The minimum absolute atomic E-state index is 0.193. The second-order valence-corrected chi connectivity index (χ2v) is 4.80. The molecule has 3 N–H and O–H groups in total. The van der Waals surface area contributed by atoms with Gasteiger partial charge in [-0.2, -0.15) is 0 Å². The molecule has 0 aliphatic rings. The summed E-state index contributed by atoms with van der Waals surface area (Å²) in [5, 5.41) is 29.2. The SMILES string of the molecule is Cc1cccc2cc(-c3cc(O)c(O)c(O)c3)c(=O)oc12. The van der Waals surface area contributed by atoms with Crippen LogP contribution in [0.1, 0.15) is 5.56 Å². The van der Waals surface area contributed by atoms with Crippen LogP contribution in [-0.2, 0) is 0 Å². The Morgan fingerprint density at radius 2 is 1.67 bits per heavy atom. The van der Waals surface area contributed by atoms with E-state index in [1.165, 1.54) is 12.1 Å². The Bertz CT molecular complexity index is 885. The molecule has 5 nitrogen and oxygen atoms in total. The van der Waals surface area contributed by atoms with Gasteiger partial charge in [0.15, 0.2) is 17.2 Å². The molecular weight excluding hydrogens is 272 g/mol. The Kier molecular flexibility index (Phi) is 2.83. The number of phenolic OH excluding ortho intramolecular Hbond substituents is 3. The minimum atomic E-state index is -0.625. The average Bonchev–Trinajstić information content (AvgIpc) is 2.45. The molecule has 0 radical (unpaired) electrons. The Morgan fingerprint density at radius 1 is 1.00 bits per heavy atom. The van der Waals surface area contributed by atoms with Gasteiger partial charge in [-0.25, -0.2) is 4.79 Å². The molecule has 0 bridgehead atoms. The fraction of sp³-hybridized carbons (Fsp3) is 0.0625. The van der Waals surface area contributed by atoms with E-state index < -0.39 is 22.9 Å². The van der Waals surface area contributed by atoms with Crippen LogP contribution in [0.15, 0.2) is 45.6 Å². The zero-order chi connectivity index (χ0) is 15.1. The molecule has 0 saturated carbocycles. The van der Waals surface area contributed by atoms with E-state index in [1.54, 1.807) is 12.1 Å². The number of hydrogen-bond donors (Lipinski definition) is 3. The fourth-order valence-corrected chi connectivity index (χ4v) is 2.25. The lowest BCUT2D eigenvalue weighted by molar-refractivity contribution is 0.368. The molecule has 106 valence electrons. The smallest absolute Gasteiger partial charge is 0.344 e. The molecule has 0 fully saturated rings. The molecule has 0 aliphatic carbocycles. The van der Waals surface area contributed by atoms with Gasteiger partial charge in [-0.15, -0.1) is 0 Å². The van der Waals surface area contributed by atoms with Gasteiger partial charge >= 0.3 is 5.63 Å². The number of aromatic hydroxyl groups is 3. The summed E-state index contributed by atoms with van der Waals surface area (Å²) in [5.41, 5.74) is 1.21. The fourth-order valence-electron chi connectivity index (χ4n) is 2.25. The van der Waals surface area contributed by atoms with Crippen LogP contribution in [-0.4, -0.2) is 15.3 Å². The first-order valence-electron chi connectivity index (χ1n) is 6.26. The Balaban J connectivity index is 2.31. The van der Waals surface area contributed by atoms with Crippen molar-refractivity contribution >= 4 is 11.0 Å². The van der Waals surface area contributed by atoms with Crippen LogP contribution >= 0.6 is 0 Å². The average molecular weight is 284 g/mol. The predicted molar refractivity (Wildman–Crippen MR) is 77.7 cm³/mol. The zero-order valence-corrected chi connectivity index (χ0v) is 11.1. The van der Waals surface area contributed by atoms with Crippen molar-refractivity contribution in [2.45, 2.75) is 6.92 Å². The van der Waals surface area contributed by atoms with Crippen molar-refractivity contribution in [1.82, 2.24) is 0 Å². The van der Waals surface area contributed by atoms with Gasteiger partial charge in [-0.05, 0) is 36.2 Å². The van der Waals surface area contributed by atoms with Crippen molar-refractivity contribution in [2.75, 3.05) is 0 Å². The van der Waals surface area contributed by atoms with E-state index >= 15 is 0 Å². The molecule has 5 heteroatoms. The van der Waals surface area contributed by atoms with Crippen molar-refractivity contribution in [3.63, 3.8) is 0 Å². The highest BCUT2D eigenvalue weighted by Gasteiger charge is 2.14. The normalized spacial score (nSPS) is 10.9. The van der Waals surface area contributed by atoms with E-state index in [9.17, 15) is 20.1 Å². The maximum Gasteiger partial charge on any atom is 0.344 e. The van der Waals surface area contributed by atoms with Gasteiger partial charge in [0.05, 0.1) is 5.56 Å². The molecule has 3 aromatic rings. The summed E-state index contributed by atoms with van der Waals surface area (Å²) in [4.78, 5) is 12.1. The third-order valence-corrected chi connectivity index (χ3v) is 3.34. The molecule has 3 rings (SSSR count). The van der Waals surface area contributed by atoms with Crippen LogP contribution in [0.3, 0.4) is 0 Å². The lowest BCUT2D eigenvalue weighted by Crippen LogP contribution is -2.03. The van der Waals surface area contributed by atoms with Crippen molar-refractivity contribution in [1.29, 1.82) is 0 Å². The minimum Gasteiger partial charge on any atom is -0.504 e. The van der Waals surface area contributed by atoms with Crippen molar-refractivity contribution in [3.05, 3.63) is 52.4 Å². The maximum absolute atomic E-state index is 12.1. The number of para-hydroxylation sites is 1. The van der Waals surface area contributed by atoms with Gasteiger partial charge in [0.2, 0.25) is 0 Å². The van der Waals surface area contributed by atoms with Gasteiger partial charge in [0.1, 0.15) is 5.58 Å². The standard InChI is InChI=1S/C16H12O5/c1-8-3-2-4-9-5-11(16(20)21-15(8)9)10-6-12(17)14(19)13(18)7-10/h2-7,17-19H,1H3. The van der Waals surface area contributed by atoms with Crippen LogP contribution < -0.4 is 5.63 Å². The first kappa shape index (κ1) is 13.1.